The molecule has 0 amide bonds. The van der Waals surface area contributed by atoms with Crippen LogP contribution in [0.25, 0.3) is 0 Å². The Morgan fingerprint density at radius 2 is 1.71 bits per heavy atom. The Morgan fingerprint density at radius 3 is 2.44 bits per heavy atom. The van der Waals surface area contributed by atoms with E-state index >= 15 is 0 Å². The summed E-state index contributed by atoms with van der Waals surface area (Å²) in [5.74, 6) is 1.58. The third kappa shape index (κ3) is 4.98. The Kier molecular flexibility index (Phi) is 7.16. The summed E-state index contributed by atoms with van der Waals surface area (Å²) >= 11 is 0. The van der Waals surface area contributed by atoms with Crippen molar-refractivity contribution in [1.29, 1.82) is 0 Å². The van der Waals surface area contributed by atoms with Gasteiger partial charge in [-0.15, -0.1) is 5.10 Å². The molecular weight excluding hydrogens is 431 g/mol. The molecule has 34 heavy (non-hydrogen) atoms. The third-order valence-electron chi connectivity index (χ3n) is 7.23. The van der Waals surface area contributed by atoms with Crippen LogP contribution in [-0.4, -0.2) is 63.3 Å². The van der Waals surface area contributed by atoms with Crippen LogP contribution in [0, 0.1) is 5.82 Å². The van der Waals surface area contributed by atoms with E-state index in [1.54, 1.807) is 7.11 Å². The van der Waals surface area contributed by atoms with Crippen LogP contribution in [0.15, 0.2) is 48.5 Å². The molecule has 8 heteroatoms. The predicted octanol–water partition coefficient (Wildman–Crippen LogP) is 4.23. The minimum atomic E-state index is -0.226. The van der Waals surface area contributed by atoms with Gasteiger partial charge in [0.2, 0.25) is 0 Å². The molecule has 0 bridgehead atoms. The fourth-order valence-electron chi connectivity index (χ4n) is 5.39. The fourth-order valence-corrected chi connectivity index (χ4v) is 5.39. The van der Waals surface area contributed by atoms with Gasteiger partial charge in [0.1, 0.15) is 11.6 Å². The van der Waals surface area contributed by atoms with Crippen LogP contribution in [0.2, 0.25) is 0 Å². The molecule has 2 fully saturated rings. The number of ether oxygens (including phenoxy) is 1. The molecule has 0 spiro atoms. The molecule has 7 nitrogen and oxygen atoms in total. The van der Waals surface area contributed by atoms with Crippen LogP contribution in [0.3, 0.4) is 0 Å². The molecule has 1 aliphatic carbocycles. The zero-order chi connectivity index (χ0) is 23.3. The van der Waals surface area contributed by atoms with Crippen LogP contribution < -0.4 is 4.74 Å². The third-order valence-corrected chi connectivity index (χ3v) is 7.23. The maximum atomic E-state index is 13.7. The van der Waals surface area contributed by atoms with E-state index in [9.17, 15) is 4.39 Å². The molecule has 1 aromatic heterocycles. The summed E-state index contributed by atoms with van der Waals surface area (Å²) in [7, 11) is 1.72. The topological polar surface area (TPSA) is 59.3 Å². The Hall–Kier alpha value is -2.84. The molecule has 2 aromatic carbocycles. The zero-order valence-electron chi connectivity index (χ0n) is 19.8. The molecule has 5 rings (SSSR count). The first kappa shape index (κ1) is 22.9. The number of nitrogens with zero attached hydrogens (tertiary/aromatic N) is 6. The maximum Gasteiger partial charge on any atom is 0.173 e. The number of rotatable bonds is 7. The molecule has 2 aliphatic rings. The average Bonchev–Trinajstić information content (AvgIpc) is 3.37. The quantitative estimate of drug-likeness (QED) is 0.522. The number of piperazine rings is 1. The SMILES string of the molecule is COc1ccccc1CN1CCN([C@H](c2ccc(F)cc2)c2nnnn2C2CCCCC2)CC1. The first-order chi connectivity index (χ1) is 16.7. The molecule has 1 saturated heterocycles. The van der Waals surface area contributed by atoms with E-state index in [0.29, 0.717) is 6.04 Å². The van der Waals surface area contributed by atoms with E-state index < -0.39 is 0 Å². The highest BCUT2D eigenvalue weighted by molar-refractivity contribution is 5.33. The van der Waals surface area contributed by atoms with E-state index in [2.05, 4.69) is 37.5 Å². The van der Waals surface area contributed by atoms with Gasteiger partial charge in [0.05, 0.1) is 19.2 Å². The molecule has 1 atom stereocenters. The van der Waals surface area contributed by atoms with Crippen LogP contribution in [0.5, 0.6) is 5.75 Å². The molecule has 1 saturated carbocycles. The van der Waals surface area contributed by atoms with E-state index in [0.717, 1.165) is 62.7 Å². The Balaban J connectivity index is 1.36. The number of methoxy groups -OCH3 is 1. The van der Waals surface area contributed by atoms with E-state index in [-0.39, 0.29) is 11.9 Å². The summed E-state index contributed by atoms with van der Waals surface area (Å²) in [4.78, 5) is 4.90. The predicted molar refractivity (Wildman–Crippen MR) is 128 cm³/mol. The second-order valence-electron chi connectivity index (χ2n) is 9.35. The first-order valence-corrected chi connectivity index (χ1v) is 12.3. The van der Waals surface area contributed by atoms with Crippen molar-refractivity contribution in [2.24, 2.45) is 0 Å². The highest BCUT2D eigenvalue weighted by atomic mass is 19.1. The van der Waals surface area contributed by atoms with Gasteiger partial charge in [-0.25, -0.2) is 9.07 Å². The number of tetrazole rings is 1. The van der Waals surface area contributed by atoms with Crippen molar-refractivity contribution in [2.45, 2.75) is 50.7 Å². The standard InChI is InChI=1S/C26H33FN6O/c1-34-24-10-6-5-7-21(24)19-31-15-17-32(18-16-31)25(20-11-13-22(27)14-12-20)26-28-29-30-33(26)23-8-3-2-4-9-23/h5-7,10-14,23,25H,2-4,8-9,15-19H2,1H3/t25-/m1/s1. The Labute approximate surface area is 200 Å². The minimum absolute atomic E-state index is 0.0917. The van der Waals surface area contributed by atoms with Crippen molar-refractivity contribution >= 4 is 0 Å². The summed E-state index contributed by atoms with van der Waals surface area (Å²) in [5, 5.41) is 13.0. The summed E-state index contributed by atoms with van der Waals surface area (Å²) < 4.78 is 21.3. The van der Waals surface area contributed by atoms with Crippen molar-refractivity contribution in [3.63, 3.8) is 0 Å². The Morgan fingerprint density at radius 1 is 0.971 bits per heavy atom. The average molecular weight is 465 g/mol. The van der Waals surface area contributed by atoms with Gasteiger partial charge in [0.15, 0.2) is 5.82 Å². The van der Waals surface area contributed by atoms with Gasteiger partial charge in [-0.3, -0.25) is 9.80 Å². The maximum absolute atomic E-state index is 13.7. The lowest BCUT2D eigenvalue weighted by molar-refractivity contribution is 0.0981. The molecule has 1 aliphatic heterocycles. The molecule has 0 radical (unpaired) electrons. The van der Waals surface area contributed by atoms with Gasteiger partial charge < -0.3 is 4.74 Å². The van der Waals surface area contributed by atoms with Crippen molar-refractivity contribution in [3.8, 4) is 5.75 Å². The van der Waals surface area contributed by atoms with Crippen LogP contribution in [0.1, 0.15) is 61.1 Å². The van der Waals surface area contributed by atoms with Gasteiger partial charge in [0.25, 0.3) is 0 Å². The molecular formula is C26H33FN6O. The number of hydrogen-bond acceptors (Lipinski definition) is 6. The largest absolute Gasteiger partial charge is 0.496 e. The van der Waals surface area contributed by atoms with Crippen LogP contribution in [-0.2, 0) is 6.54 Å². The fraction of sp³-hybridized carbons (Fsp3) is 0.500. The molecule has 180 valence electrons. The molecule has 0 unspecified atom stereocenters. The van der Waals surface area contributed by atoms with Gasteiger partial charge in [-0.2, -0.15) is 0 Å². The summed E-state index contributed by atoms with van der Waals surface area (Å²) in [6, 6.07) is 15.3. The lowest BCUT2D eigenvalue weighted by Crippen LogP contribution is -2.48. The highest BCUT2D eigenvalue weighted by Gasteiger charge is 2.32. The van der Waals surface area contributed by atoms with Crippen molar-refractivity contribution < 1.29 is 9.13 Å². The number of halogens is 1. The lowest BCUT2D eigenvalue weighted by Gasteiger charge is -2.39. The number of benzene rings is 2. The van der Waals surface area contributed by atoms with E-state index in [1.165, 1.54) is 37.0 Å². The highest BCUT2D eigenvalue weighted by Crippen LogP contribution is 2.34. The monoisotopic (exact) mass is 464 g/mol. The summed E-state index contributed by atoms with van der Waals surface area (Å²) in [5.41, 5.74) is 2.24. The van der Waals surface area contributed by atoms with Crippen LogP contribution in [0.4, 0.5) is 4.39 Å². The van der Waals surface area contributed by atoms with E-state index in [1.807, 2.05) is 28.9 Å². The van der Waals surface area contributed by atoms with Crippen molar-refractivity contribution in [2.75, 3.05) is 33.3 Å². The van der Waals surface area contributed by atoms with Gasteiger partial charge >= 0.3 is 0 Å². The Bertz CT molecular complexity index is 1060. The smallest absolute Gasteiger partial charge is 0.173 e. The first-order valence-electron chi connectivity index (χ1n) is 12.3. The molecule has 3 aromatic rings. The molecule has 2 heterocycles. The number of para-hydroxylation sites is 1. The molecule has 0 N–H and O–H groups in total. The van der Waals surface area contributed by atoms with Gasteiger partial charge in [-0.05, 0) is 47.0 Å². The van der Waals surface area contributed by atoms with Crippen molar-refractivity contribution in [3.05, 3.63) is 71.3 Å². The van der Waals surface area contributed by atoms with Gasteiger partial charge in [-0.1, -0.05) is 49.6 Å². The van der Waals surface area contributed by atoms with Crippen molar-refractivity contribution in [1.82, 2.24) is 30.0 Å². The minimum Gasteiger partial charge on any atom is -0.496 e. The second kappa shape index (κ2) is 10.6. The normalized spacial score (nSPS) is 19.2. The summed E-state index contributed by atoms with van der Waals surface area (Å²) in [6.07, 6.45) is 5.94. The summed E-state index contributed by atoms with van der Waals surface area (Å²) in [6.45, 7) is 4.49. The lowest BCUT2D eigenvalue weighted by atomic mass is 9.95. The van der Waals surface area contributed by atoms with Gasteiger partial charge in [0, 0.05) is 38.3 Å². The van der Waals surface area contributed by atoms with Crippen LogP contribution >= 0.6 is 0 Å². The number of aromatic nitrogens is 4. The number of hydrogen-bond donors (Lipinski definition) is 0. The van der Waals surface area contributed by atoms with E-state index in [4.69, 9.17) is 4.74 Å². The second-order valence-corrected chi connectivity index (χ2v) is 9.35. The zero-order valence-corrected chi connectivity index (χ0v) is 19.8.